The van der Waals surface area contributed by atoms with Crippen LogP contribution in [0.2, 0.25) is 0 Å². The molecule has 0 fully saturated rings. The van der Waals surface area contributed by atoms with Crippen molar-refractivity contribution in [2.24, 2.45) is 0 Å². The lowest BCUT2D eigenvalue weighted by Crippen LogP contribution is -2.37. The highest BCUT2D eigenvalue weighted by molar-refractivity contribution is 7.45. The van der Waals surface area contributed by atoms with Gasteiger partial charge in [0.2, 0.25) is 0 Å². The van der Waals surface area contributed by atoms with E-state index in [9.17, 15) is 19.0 Å². The average Bonchev–Trinajstić information content (AvgIpc) is 1.68. The number of likely N-dealkylation sites (N-methyl/N-ethyl adjacent to an activating group) is 1. The molecule has 9 nitrogen and oxygen atoms in total. The number of carbonyl (C=O) groups excluding carboxylic acids is 2. The Kier molecular flexibility index (Phi) is 70.8. The van der Waals surface area contributed by atoms with E-state index in [-0.39, 0.29) is 32.0 Å². The first-order valence-corrected chi connectivity index (χ1v) is 40.7. The molecule has 0 amide bonds. The van der Waals surface area contributed by atoms with Crippen LogP contribution in [-0.4, -0.2) is 70.0 Å². The average molecular weight is 1330 g/mol. The minimum absolute atomic E-state index is 0.0325. The van der Waals surface area contributed by atoms with E-state index < -0.39 is 26.5 Å². The van der Waals surface area contributed by atoms with Crippen LogP contribution in [0.25, 0.3) is 0 Å². The molecule has 2 atom stereocenters. The highest BCUT2D eigenvalue weighted by Gasteiger charge is 2.22. The number of unbranched alkanes of at least 4 members (excludes halogenated alkanes) is 38. The number of rotatable bonds is 72. The van der Waals surface area contributed by atoms with E-state index in [4.69, 9.17) is 18.5 Å². The number of hydrogen-bond donors (Lipinski definition) is 0. The van der Waals surface area contributed by atoms with Gasteiger partial charge in [0.25, 0.3) is 7.82 Å². The summed E-state index contributed by atoms with van der Waals surface area (Å²) in [7, 11) is 1.17. The standard InChI is InChI=1S/C84H148NO8P/c1-6-8-10-12-14-16-18-20-22-24-26-28-30-32-34-36-38-40-42-44-46-48-50-52-54-56-58-60-62-64-66-68-70-72-74-76-83(86)90-80-82(81-92-94(88,89)91-79-78-85(3,4)5)93-84(87)77-75-73-71-69-67-65-63-61-59-57-55-53-51-49-47-45-43-41-39-37-35-33-31-29-27-25-23-21-19-17-15-13-11-9-7-2/h8-11,14-17,20-23,26-29,33,35,39,41,82H,6-7,12-13,18-19,24-25,30-32,34,36-38,40,42-81H2,1-5H3/b10-8-,11-9-,16-14-,17-15-,22-20-,23-21-,28-26-,29-27-,35-33-,41-39-. The molecule has 0 aliphatic heterocycles. The molecule has 0 heterocycles. The molecule has 94 heavy (non-hydrogen) atoms. The first kappa shape index (κ1) is 90.4. The van der Waals surface area contributed by atoms with Gasteiger partial charge in [-0.05, 0) is 103 Å². The molecule has 0 saturated carbocycles. The molecule has 0 aliphatic rings. The maximum absolute atomic E-state index is 12.9. The first-order valence-electron chi connectivity index (χ1n) is 39.2. The lowest BCUT2D eigenvalue weighted by molar-refractivity contribution is -0.870. The van der Waals surface area contributed by atoms with Gasteiger partial charge in [0.05, 0.1) is 27.7 Å². The number of nitrogens with zero attached hydrogens (tertiary/aromatic N) is 1. The lowest BCUT2D eigenvalue weighted by Gasteiger charge is -2.28. The van der Waals surface area contributed by atoms with Crippen LogP contribution < -0.4 is 4.89 Å². The lowest BCUT2D eigenvalue weighted by atomic mass is 10.0. The largest absolute Gasteiger partial charge is 0.756 e. The van der Waals surface area contributed by atoms with Crippen LogP contribution in [0.15, 0.2) is 122 Å². The molecule has 0 radical (unpaired) electrons. The summed E-state index contributed by atoms with van der Waals surface area (Å²) in [6.07, 6.45) is 106. The van der Waals surface area contributed by atoms with E-state index >= 15 is 0 Å². The summed E-state index contributed by atoms with van der Waals surface area (Å²) in [6, 6.07) is 0. The van der Waals surface area contributed by atoms with Gasteiger partial charge in [0.1, 0.15) is 19.8 Å². The molecule has 0 aromatic heterocycles. The Balaban J connectivity index is 3.96. The third-order valence-corrected chi connectivity index (χ3v) is 17.9. The zero-order chi connectivity index (χ0) is 68.3. The molecule has 0 aliphatic carbocycles. The second-order valence-electron chi connectivity index (χ2n) is 27.3. The van der Waals surface area contributed by atoms with Gasteiger partial charge >= 0.3 is 11.9 Å². The van der Waals surface area contributed by atoms with E-state index in [0.717, 1.165) is 103 Å². The van der Waals surface area contributed by atoms with Crippen LogP contribution in [0.4, 0.5) is 0 Å². The molecule has 0 aromatic rings. The summed E-state index contributed by atoms with van der Waals surface area (Å²) in [5.74, 6) is -0.821. The quantitative estimate of drug-likeness (QED) is 0.0195. The number of carbonyl (C=O) groups is 2. The number of phosphoric acid groups is 1. The molecule has 0 rings (SSSR count). The summed E-state index contributed by atoms with van der Waals surface area (Å²) < 4.78 is 34.4. The van der Waals surface area contributed by atoms with E-state index in [2.05, 4.69) is 135 Å². The third kappa shape index (κ3) is 77.4. The maximum Gasteiger partial charge on any atom is 0.306 e. The fourth-order valence-corrected chi connectivity index (χ4v) is 11.8. The highest BCUT2D eigenvalue weighted by Crippen LogP contribution is 2.38. The van der Waals surface area contributed by atoms with Crippen molar-refractivity contribution in [3.05, 3.63) is 122 Å². The molecule has 0 aromatic carbocycles. The molecule has 2 unspecified atom stereocenters. The maximum atomic E-state index is 12.9. The highest BCUT2D eigenvalue weighted by atomic mass is 31.2. The molecule has 0 saturated heterocycles. The Morgan fingerprint density at radius 1 is 0.330 bits per heavy atom. The smallest absolute Gasteiger partial charge is 0.306 e. The fraction of sp³-hybridized carbons (Fsp3) is 0.738. The number of allylic oxidation sites excluding steroid dienone is 20. The number of phosphoric ester groups is 1. The summed E-state index contributed by atoms with van der Waals surface area (Å²) in [5, 5.41) is 0. The monoisotopic (exact) mass is 1330 g/mol. The predicted molar refractivity (Wildman–Crippen MR) is 406 cm³/mol. The van der Waals surface area contributed by atoms with Crippen LogP contribution in [0.1, 0.15) is 348 Å². The SMILES string of the molecule is CC/C=C\C/C=C\C/C=C\C/C=C\C/C=C\C/C=C\CCCCCCCCCCCCCCCCCCC(=O)OC(COC(=O)CCCCCCCCCCCCCCCCCCCCCCCC/C=C\C/C=C\C/C=C\C/C=C\CC)COP(=O)([O-])OCC[N+](C)(C)C. The van der Waals surface area contributed by atoms with Crippen molar-refractivity contribution in [2.75, 3.05) is 47.5 Å². The zero-order valence-electron chi connectivity index (χ0n) is 61.9. The van der Waals surface area contributed by atoms with Crippen molar-refractivity contribution < 1.29 is 42.1 Å². The topological polar surface area (TPSA) is 111 Å². The van der Waals surface area contributed by atoms with Crippen LogP contribution in [0.3, 0.4) is 0 Å². The Hall–Kier alpha value is -3.59. The molecule has 0 bridgehead atoms. The van der Waals surface area contributed by atoms with Crippen molar-refractivity contribution >= 4 is 19.8 Å². The second kappa shape index (κ2) is 73.7. The van der Waals surface area contributed by atoms with E-state index in [0.29, 0.717) is 17.4 Å². The van der Waals surface area contributed by atoms with E-state index in [1.807, 2.05) is 21.1 Å². The fourth-order valence-electron chi connectivity index (χ4n) is 11.1. The zero-order valence-corrected chi connectivity index (χ0v) is 62.8. The van der Waals surface area contributed by atoms with Crippen LogP contribution >= 0.6 is 7.82 Å². The van der Waals surface area contributed by atoms with Crippen LogP contribution in [0, 0.1) is 0 Å². The third-order valence-electron chi connectivity index (χ3n) is 17.0. The van der Waals surface area contributed by atoms with Gasteiger partial charge in [-0.2, -0.15) is 0 Å². The van der Waals surface area contributed by atoms with E-state index in [1.165, 1.54) is 212 Å². The Bertz CT molecular complexity index is 2010. The number of ether oxygens (including phenoxy) is 2. The first-order chi connectivity index (χ1) is 46.0. The van der Waals surface area contributed by atoms with Gasteiger partial charge in [-0.25, -0.2) is 0 Å². The van der Waals surface area contributed by atoms with Gasteiger partial charge in [-0.3, -0.25) is 14.2 Å². The van der Waals surface area contributed by atoms with Gasteiger partial charge in [-0.1, -0.05) is 354 Å². The van der Waals surface area contributed by atoms with E-state index in [1.54, 1.807) is 0 Å². The van der Waals surface area contributed by atoms with Gasteiger partial charge in [-0.15, -0.1) is 0 Å². The molecule has 0 N–H and O–H groups in total. The summed E-state index contributed by atoms with van der Waals surface area (Å²) >= 11 is 0. The minimum Gasteiger partial charge on any atom is -0.756 e. The Morgan fingerprint density at radius 3 is 0.851 bits per heavy atom. The van der Waals surface area contributed by atoms with Gasteiger partial charge < -0.3 is 27.9 Å². The van der Waals surface area contributed by atoms with Gasteiger partial charge in [0.15, 0.2) is 6.10 Å². The van der Waals surface area contributed by atoms with Crippen molar-refractivity contribution in [1.29, 1.82) is 0 Å². The second-order valence-corrected chi connectivity index (χ2v) is 28.7. The number of hydrogen-bond acceptors (Lipinski definition) is 8. The van der Waals surface area contributed by atoms with Crippen molar-refractivity contribution in [3.63, 3.8) is 0 Å². The summed E-state index contributed by atoms with van der Waals surface area (Å²) in [4.78, 5) is 38.2. The molecular formula is C84H148NO8P. The van der Waals surface area contributed by atoms with Crippen molar-refractivity contribution in [3.8, 4) is 0 Å². The van der Waals surface area contributed by atoms with Gasteiger partial charge in [0, 0.05) is 12.8 Å². The minimum atomic E-state index is -4.65. The molecule has 542 valence electrons. The molecular weight excluding hydrogens is 1180 g/mol. The molecule has 0 spiro atoms. The predicted octanol–water partition coefficient (Wildman–Crippen LogP) is 25.5. The van der Waals surface area contributed by atoms with Crippen molar-refractivity contribution in [1.82, 2.24) is 0 Å². The number of esters is 2. The number of quaternary nitrogens is 1. The Labute approximate surface area is 581 Å². The normalized spacial score (nSPS) is 13.7. The summed E-state index contributed by atoms with van der Waals surface area (Å²) in [5.41, 5.74) is 0. The Morgan fingerprint density at radius 2 is 0.574 bits per heavy atom. The van der Waals surface area contributed by atoms with Crippen molar-refractivity contribution in [2.45, 2.75) is 354 Å². The summed E-state index contributed by atoms with van der Waals surface area (Å²) in [6.45, 7) is 4.05. The van der Waals surface area contributed by atoms with Crippen LogP contribution in [-0.2, 0) is 32.7 Å². The van der Waals surface area contributed by atoms with Crippen LogP contribution in [0.5, 0.6) is 0 Å². The molecule has 10 heteroatoms.